The van der Waals surface area contributed by atoms with Crippen molar-refractivity contribution in [1.29, 1.82) is 0 Å². The second-order valence-electron chi connectivity index (χ2n) is 7.31. The van der Waals surface area contributed by atoms with E-state index in [0.29, 0.717) is 27.1 Å². The van der Waals surface area contributed by atoms with Crippen LogP contribution in [-0.2, 0) is 11.2 Å². The highest BCUT2D eigenvalue weighted by molar-refractivity contribution is 6.30. The van der Waals surface area contributed by atoms with Gasteiger partial charge in [0.2, 0.25) is 5.91 Å². The molecule has 2 aromatic carbocycles. The molecule has 160 valence electrons. The Kier molecular flexibility index (Phi) is 5.82. The van der Waals surface area contributed by atoms with Crippen LogP contribution in [0.15, 0.2) is 56.3 Å². The summed E-state index contributed by atoms with van der Waals surface area (Å²) in [5, 5.41) is 22.9. The lowest BCUT2D eigenvalue weighted by Crippen LogP contribution is -2.35. The maximum atomic E-state index is 12.5. The van der Waals surface area contributed by atoms with Crippen molar-refractivity contribution in [1.82, 2.24) is 5.32 Å². The maximum Gasteiger partial charge on any atom is 0.340 e. The molecule has 0 aliphatic carbocycles. The molecule has 0 saturated heterocycles. The zero-order chi connectivity index (χ0) is 22.1. The van der Waals surface area contributed by atoms with Crippen LogP contribution < -0.4 is 10.9 Å². The lowest BCUT2D eigenvalue weighted by atomic mass is 9.99. The van der Waals surface area contributed by atoms with Gasteiger partial charge >= 0.3 is 5.63 Å². The van der Waals surface area contributed by atoms with E-state index >= 15 is 0 Å². The van der Waals surface area contributed by atoms with E-state index in [-0.39, 0.29) is 18.5 Å². The van der Waals surface area contributed by atoms with E-state index in [4.69, 9.17) is 25.5 Å². The van der Waals surface area contributed by atoms with Crippen molar-refractivity contribution in [2.75, 3.05) is 13.2 Å². The number of fused-ring (bicyclic) bond motifs is 2. The fraction of sp³-hybridized carbons (Fsp3) is 0.217. The lowest BCUT2D eigenvalue weighted by Gasteiger charge is -2.11. The van der Waals surface area contributed by atoms with Gasteiger partial charge in [0.05, 0.1) is 31.0 Å². The van der Waals surface area contributed by atoms with Crippen LogP contribution in [0.2, 0.25) is 5.02 Å². The van der Waals surface area contributed by atoms with Crippen molar-refractivity contribution < 1.29 is 23.8 Å². The third kappa shape index (κ3) is 4.20. The number of benzene rings is 2. The van der Waals surface area contributed by atoms with Gasteiger partial charge < -0.3 is 24.4 Å². The third-order valence-electron chi connectivity index (χ3n) is 5.22. The van der Waals surface area contributed by atoms with E-state index < -0.39 is 24.2 Å². The minimum Gasteiger partial charge on any atom is -0.464 e. The molecule has 0 saturated carbocycles. The van der Waals surface area contributed by atoms with Crippen LogP contribution in [0.3, 0.4) is 0 Å². The Morgan fingerprint density at radius 3 is 2.61 bits per heavy atom. The Morgan fingerprint density at radius 2 is 1.90 bits per heavy atom. The second kappa shape index (κ2) is 8.55. The van der Waals surface area contributed by atoms with E-state index in [2.05, 4.69) is 5.32 Å². The highest BCUT2D eigenvalue weighted by atomic mass is 35.5. The quantitative estimate of drug-likeness (QED) is 0.396. The summed E-state index contributed by atoms with van der Waals surface area (Å²) < 4.78 is 11.1. The molecule has 4 rings (SSSR count). The van der Waals surface area contributed by atoms with Crippen molar-refractivity contribution in [2.24, 2.45) is 0 Å². The van der Waals surface area contributed by atoms with Gasteiger partial charge in [-0.1, -0.05) is 23.7 Å². The Morgan fingerprint density at radius 1 is 1.16 bits per heavy atom. The molecule has 8 heteroatoms. The molecule has 0 unspecified atom stereocenters. The normalized spacial score (nSPS) is 12.4. The minimum atomic E-state index is -1.06. The summed E-state index contributed by atoms with van der Waals surface area (Å²) in [5.74, 6) is -0.450. The monoisotopic (exact) mass is 441 g/mol. The lowest BCUT2D eigenvalue weighted by molar-refractivity contribution is -0.121. The van der Waals surface area contributed by atoms with Gasteiger partial charge in [0.25, 0.3) is 0 Å². The molecule has 2 aromatic heterocycles. The largest absolute Gasteiger partial charge is 0.464 e. The Hall–Kier alpha value is -3.13. The van der Waals surface area contributed by atoms with E-state index in [1.807, 2.05) is 18.2 Å². The van der Waals surface area contributed by atoms with Crippen molar-refractivity contribution in [3.8, 4) is 11.1 Å². The molecular weight excluding hydrogens is 422 g/mol. The number of aliphatic hydroxyl groups excluding tert-OH is 2. The number of aryl methyl sites for hydroxylation is 1. The van der Waals surface area contributed by atoms with Gasteiger partial charge in [-0.15, -0.1) is 0 Å². The van der Waals surface area contributed by atoms with Crippen molar-refractivity contribution in [2.45, 2.75) is 19.4 Å². The first kappa shape index (κ1) is 21.1. The third-order valence-corrected chi connectivity index (χ3v) is 5.47. The van der Waals surface area contributed by atoms with Gasteiger partial charge in [0.15, 0.2) is 0 Å². The number of nitrogens with one attached hydrogen (secondary N) is 1. The number of amides is 1. The molecule has 4 aromatic rings. The molecule has 0 bridgehead atoms. The van der Waals surface area contributed by atoms with Gasteiger partial charge in [0, 0.05) is 34.0 Å². The van der Waals surface area contributed by atoms with E-state index in [1.165, 1.54) is 0 Å². The molecule has 1 atom stereocenters. The Balaban J connectivity index is 1.75. The van der Waals surface area contributed by atoms with E-state index in [9.17, 15) is 14.7 Å². The number of rotatable bonds is 6. The van der Waals surface area contributed by atoms with Crippen LogP contribution in [0.5, 0.6) is 0 Å². The average molecular weight is 442 g/mol. The molecule has 31 heavy (non-hydrogen) atoms. The molecule has 0 aliphatic heterocycles. The van der Waals surface area contributed by atoms with Gasteiger partial charge in [-0.05, 0) is 36.2 Å². The fourth-order valence-corrected chi connectivity index (χ4v) is 3.61. The fourth-order valence-electron chi connectivity index (χ4n) is 3.49. The van der Waals surface area contributed by atoms with Crippen LogP contribution >= 0.6 is 11.6 Å². The number of carbonyl (C=O) groups excluding carboxylic acids is 1. The molecule has 3 N–H and O–H groups in total. The van der Waals surface area contributed by atoms with Crippen molar-refractivity contribution in [3.05, 3.63) is 69.2 Å². The van der Waals surface area contributed by atoms with Crippen molar-refractivity contribution >= 4 is 39.4 Å². The molecule has 0 spiro atoms. The number of furan rings is 1. The zero-order valence-electron chi connectivity index (χ0n) is 16.6. The molecule has 7 nitrogen and oxygen atoms in total. The van der Waals surface area contributed by atoms with Crippen LogP contribution in [0.4, 0.5) is 0 Å². The highest BCUT2D eigenvalue weighted by Crippen LogP contribution is 2.35. The summed E-state index contributed by atoms with van der Waals surface area (Å²) in [5.41, 5.74) is 3.01. The molecule has 0 radical (unpaired) electrons. The Bertz CT molecular complexity index is 1320. The predicted octanol–water partition coefficient (Wildman–Crippen LogP) is 3.18. The summed E-state index contributed by atoms with van der Waals surface area (Å²) in [6, 6.07) is 10.9. The number of hydrogen-bond acceptors (Lipinski definition) is 6. The molecule has 0 aliphatic rings. The zero-order valence-corrected chi connectivity index (χ0v) is 17.4. The highest BCUT2D eigenvalue weighted by Gasteiger charge is 2.18. The average Bonchev–Trinajstić information content (AvgIpc) is 3.17. The van der Waals surface area contributed by atoms with Crippen molar-refractivity contribution in [3.63, 3.8) is 0 Å². The summed E-state index contributed by atoms with van der Waals surface area (Å²) in [7, 11) is 0. The maximum absolute atomic E-state index is 12.5. The van der Waals surface area contributed by atoms with E-state index in [0.717, 1.165) is 16.5 Å². The first-order valence-corrected chi connectivity index (χ1v) is 10.0. The number of aliphatic hydroxyl groups is 2. The summed E-state index contributed by atoms with van der Waals surface area (Å²) in [6.45, 7) is 1.19. The van der Waals surface area contributed by atoms with Crippen LogP contribution in [0.1, 0.15) is 11.1 Å². The van der Waals surface area contributed by atoms with Gasteiger partial charge in [-0.2, -0.15) is 0 Å². The number of halogens is 1. The Labute approximate surface area is 181 Å². The van der Waals surface area contributed by atoms with Gasteiger partial charge in [-0.3, -0.25) is 4.79 Å². The topological polar surface area (TPSA) is 113 Å². The predicted molar refractivity (Wildman–Crippen MR) is 117 cm³/mol. The summed E-state index contributed by atoms with van der Waals surface area (Å²) in [6.07, 6.45) is 0.385. The minimum absolute atomic E-state index is 0.104. The molecule has 1 amide bonds. The summed E-state index contributed by atoms with van der Waals surface area (Å²) >= 11 is 5.99. The first-order chi connectivity index (χ1) is 14.9. The van der Waals surface area contributed by atoms with Crippen LogP contribution in [0, 0.1) is 6.92 Å². The second-order valence-corrected chi connectivity index (χ2v) is 7.75. The van der Waals surface area contributed by atoms with Gasteiger partial charge in [0.1, 0.15) is 11.2 Å². The number of carbonyl (C=O) groups is 1. The molecule has 0 fully saturated rings. The van der Waals surface area contributed by atoms with E-state index in [1.54, 1.807) is 31.4 Å². The molecular formula is C23H20ClNO6. The van der Waals surface area contributed by atoms with Gasteiger partial charge in [-0.25, -0.2) is 4.79 Å². The SMILES string of the molecule is Cc1c(CC(=O)NC[C@H](O)CO)c(=O)oc2cc3occ(-c4ccc(Cl)cc4)c3cc12. The van der Waals surface area contributed by atoms with Crippen LogP contribution in [0.25, 0.3) is 33.1 Å². The number of hydrogen-bond donors (Lipinski definition) is 3. The first-order valence-electron chi connectivity index (χ1n) is 9.66. The van der Waals surface area contributed by atoms with Crippen LogP contribution in [-0.4, -0.2) is 35.4 Å². The standard InChI is InChI=1S/C23H20ClNO6/c1-12-16-6-18-19(13-2-4-14(24)5-3-13)11-30-20(18)8-21(16)31-23(29)17(12)7-22(28)25-9-15(27)10-26/h2-6,8,11,15,26-27H,7,9-10H2,1H3,(H,25,28)/t15-/m0/s1. The smallest absolute Gasteiger partial charge is 0.340 e. The summed E-state index contributed by atoms with van der Waals surface area (Å²) in [4.78, 5) is 24.7. The molecule has 2 heterocycles.